The quantitative estimate of drug-likeness (QED) is 0.662. The molecule has 0 spiro atoms. The van der Waals surface area contributed by atoms with Crippen LogP contribution in [0.4, 0.5) is 0 Å². The second-order valence-corrected chi connectivity index (χ2v) is 4.93. The number of carbonyl (C=O) groups excluding carboxylic acids is 1. The number of halogens is 1. The summed E-state index contributed by atoms with van der Waals surface area (Å²) in [5, 5.41) is 0. The summed E-state index contributed by atoms with van der Waals surface area (Å²) in [6, 6.07) is 0. The molecule has 0 aromatic rings. The van der Waals surface area contributed by atoms with Crippen molar-refractivity contribution in [1.82, 2.24) is 4.90 Å². The molecule has 0 radical (unpaired) electrons. The van der Waals surface area contributed by atoms with Crippen LogP contribution in [0.1, 0.15) is 32.1 Å². The Kier molecular flexibility index (Phi) is 3.32. The van der Waals surface area contributed by atoms with Crippen molar-refractivity contribution < 1.29 is 4.79 Å². The molecule has 2 nitrogen and oxygen atoms in total. The van der Waals surface area contributed by atoms with Gasteiger partial charge < -0.3 is 4.90 Å². The van der Waals surface area contributed by atoms with Crippen LogP contribution in [0.5, 0.6) is 0 Å². The zero-order valence-electron chi connectivity index (χ0n) is 8.54. The van der Waals surface area contributed by atoms with E-state index in [0.29, 0.717) is 17.7 Å². The second kappa shape index (κ2) is 4.52. The average molecular weight is 216 g/mol. The number of amides is 1. The molecular formula is C11H18ClNO. The molecule has 1 amide bonds. The van der Waals surface area contributed by atoms with Gasteiger partial charge in [0, 0.05) is 25.4 Å². The summed E-state index contributed by atoms with van der Waals surface area (Å²) in [5.74, 6) is 2.49. The van der Waals surface area contributed by atoms with Gasteiger partial charge in [0.05, 0.1) is 0 Å². The van der Waals surface area contributed by atoms with Crippen molar-refractivity contribution in [3.05, 3.63) is 0 Å². The van der Waals surface area contributed by atoms with Gasteiger partial charge in [0.15, 0.2) is 0 Å². The zero-order chi connectivity index (χ0) is 9.97. The minimum atomic E-state index is 0.375. The van der Waals surface area contributed by atoms with Crippen molar-refractivity contribution in [2.75, 3.05) is 19.0 Å². The number of likely N-dealkylation sites (tertiary alicyclic amines) is 1. The van der Waals surface area contributed by atoms with Crippen LogP contribution in [0.15, 0.2) is 0 Å². The highest BCUT2D eigenvalue weighted by molar-refractivity contribution is 6.18. The number of carbonyl (C=O) groups is 1. The van der Waals surface area contributed by atoms with Crippen LogP contribution in [-0.2, 0) is 4.79 Å². The molecule has 0 aromatic heterocycles. The lowest BCUT2D eigenvalue weighted by Gasteiger charge is -2.31. The standard InChI is InChI=1S/C11H18ClNO/c12-8-10-3-5-13(6-4-10)11(14)7-9-1-2-9/h9-10H,1-8H2. The van der Waals surface area contributed by atoms with E-state index < -0.39 is 0 Å². The van der Waals surface area contributed by atoms with Crippen molar-refractivity contribution >= 4 is 17.5 Å². The summed E-state index contributed by atoms with van der Waals surface area (Å²) in [6.07, 6.45) is 5.53. The van der Waals surface area contributed by atoms with Gasteiger partial charge in [-0.3, -0.25) is 4.79 Å². The van der Waals surface area contributed by atoms with Crippen LogP contribution in [0.2, 0.25) is 0 Å². The van der Waals surface area contributed by atoms with E-state index in [2.05, 4.69) is 0 Å². The van der Waals surface area contributed by atoms with E-state index in [-0.39, 0.29) is 0 Å². The largest absolute Gasteiger partial charge is 0.343 e. The van der Waals surface area contributed by atoms with E-state index in [1.807, 2.05) is 4.90 Å². The smallest absolute Gasteiger partial charge is 0.222 e. The summed E-state index contributed by atoms with van der Waals surface area (Å²) >= 11 is 5.80. The van der Waals surface area contributed by atoms with Gasteiger partial charge in [0.25, 0.3) is 0 Å². The summed E-state index contributed by atoms with van der Waals surface area (Å²) in [5.41, 5.74) is 0. The van der Waals surface area contributed by atoms with Crippen LogP contribution in [0, 0.1) is 11.8 Å². The van der Waals surface area contributed by atoms with Gasteiger partial charge >= 0.3 is 0 Å². The molecule has 0 aromatic carbocycles. The molecule has 0 atom stereocenters. The molecule has 80 valence electrons. The van der Waals surface area contributed by atoms with Crippen LogP contribution in [0.25, 0.3) is 0 Å². The lowest BCUT2D eigenvalue weighted by molar-refractivity contribution is -0.132. The molecule has 0 bridgehead atoms. The zero-order valence-corrected chi connectivity index (χ0v) is 9.30. The van der Waals surface area contributed by atoms with Gasteiger partial charge in [-0.1, -0.05) is 0 Å². The Morgan fingerprint density at radius 3 is 2.29 bits per heavy atom. The maximum absolute atomic E-state index is 11.7. The molecule has 1 saturated heterocycles. The molecule has 0 unspecified atom stereocenters. The lowest BCUT2D eigenvalue weighted by Crippen LogP contribution is -2.38. The van der Waals surface area contributed by atoms with E-state index >= 15 is 0 Å². The van der Waals surface area contributed by atoms with Crippen molar-refractivity contribution in [2.24, 2.45) is 11.8 Å². The van der Waals surface area contributed by atoms with E-state index in [1.165, 1.54) is 12.8 Å². The molecule has 1 aliphatic carbocycles. The number of nitrogens with zero attached hydrogens (tertiary/aromatic N) is 1. The number of piperidine rings is 1. The Morgan fingerprint density at radius 1 is 1.14 bits per heavy atom. The van der Waals surface area contributed by atoms with Gasteiger partial charge in [0.2, 0.25) is 5.91 Å². The number of hydrogen-bond donors (Lipinski definition) is 0. The van der Waals surface area contributed by atoms with Crippen LogP contribution in [-0.4, -0.2) is 29.8 Å². The third kappa shape index (κ3) is 2.63. The van der Waals surface area contributed by atoms with Crippen molar-refractivity contribution in [3.63, 3.8) is 0 Å². The molecule has 1 saturated carbocycles. The highest BCUT2D eigenvalue weighted by Crippen LogP contribution is 2.33. The summed E-state index contributed by atoms with van der Waals surface area (Å²) in [4.78, 5) is 13.8. The predicted octanol–water partition coefficient (Wildman–Crippen LogP) is 2.26. The van der Waals surface area contributed by atoms with Gasteiger partial charge in [-0.15, -0.1) is 11.6 Å². The summed E-state index contributed by atoms with van der Waals surface area (Å²) in [6.45, 7) is 1.87. The maximum Gasteiger partial charge on any atom is 0.222 e. The lowest BCUT2D eigenvalue weighted by atomic mass is 9.98. The molecule has 2 rings (SSSR count). The minimum absolute atomic E-state index is 0.375. The average Bonchev–Trinajstić information content (AvgIpc) is 3.02. The second-order valence-electron chi connectivity index (χ2n) is 4.63. The highest BCUT2D eigenvalue weighted by atomic mass is 35.5. The fourth-order valence-electron chi connectivity index (χ4n) is 2.03. The monoisotopic (exact) mass is 215 g/mol. The number of rotatable bonds is 3. The summed E-state index contributed by atoms with van der Waals surface area (Å²) in [7, 11) is 0. The van der Waals surface area contributed by atoms with Crippen LogP contribution >= 0.6 is 11.6 Å². The van der Waals surface area contributed by atoms with Gasteiger partial charge in [0.1, 0.15) is 0 Å². The molecule has 2 aliphatic rings. The Balaban J connectivity index is 1.73. The Bertz CT molecular complexity index is 207. The SMILES string of the molecule is O=C(CC1CC1)N1CCC(CCl)CC1. The molecule has 14 heavy (non-hydrogen) atoms. The Hall–Kier alpha value is -0.240. The van der Waals surface area contributed by atoms with E-state index in [1.54, 1.807) is 0 Å². The molecular weight excluding hydrogens is 198 g/mol. The van der Waals surface area contributed by atoms with Crippen molar-refractivity contribution in [1.29, 1.82) is 0 Å². The predicted molar refractivity (Wildman–Crippen MR) is 57.4 cm³/mol. The molecule has 3 heteroatoms. The fourth-order valence-corrected chi connectivity index (χ4v) is 2.34. The van der Waals surface area contributed by atoms with Gasteiger partial charge in [-0.2, -0.15) is 0 Å². The van der Waals surface area contributed by atoms with Crippen molar-refractivity contribution in [3.8, 4) is 0 Å². The van der Waals surface area contributed by atoms with Crippen LogP contribution in [0.3, 0.4) is 0 Å². The highest BCUT2D eigenvalue weighted by Gasteiger charge is 2.28. The Labute approximate surface area is 90.6 Å². The molecule has 2 fully saturated rings. The molecule has 1 heterocycles. The normalized spacial score (nSPS) is 23.9. The van der Waals surface area contributed by atoms with Crippen molar-refractivity contribution in [2.45, 2.75) is 32.1 Å². The molecule has 1 aliphatic heterocycles. The van der Waals surface area contributed by atoms with Gasteiger partial charge in [-0.25, -0.2) is 0 Å². The topological polar surface area (TPSA) is 20.3 Å². The maximum atomic E-state index is 11.7. The first-order chi connectivity index (χ1) is 6.79. The first kappa shape index (κ1) is 10.3. The third-order valence-electron chi connectivity index (χ3n) is 3.35. The fraction of sp³-hybridized carbons (Fsp3) is 0.909. The number of hydrogen-bond acceptors (Lipinski definition) is 1. The molecule has 0 N–H and O–H groups in total. The minimum Gasteiger partial charge on any atom is -0.343 e. The first-order valence-electron chi connectivity index (χ1n) is 5.63. The third-order valence-corrected chi connectivity index (χ3v) is 3.78. The number of alkyl halides is 1. The first-order valence-corrected chi connectivity index (χ1v) is 6.17. The van der Waals surface area contributed by atoms with E-state index in [4.69, 9.17) is 11.6 Å². The van der Waals surface area contributed by atoms with Gasteiger partial charge in [-0.05, 0) is 37.5 Å². The van der Waals surface area contributed by atoms with Crippen LogP contribution < -0.4 is 0 Å². The summed E-state index contributed by atoms with van der Waals surface area (Å²) < 4.78 is 0. The van der Waals surface area contributed by atoms with E-state index in [0.717, 1.165) is 38.2 Å². The van der Waals surface area contributed by atoms with E-state index in [9.17, 15) is 4.79 Å². The Morgan fingerprint density at radius 2 is 1.79 bits per heavy atom.